The minimum Gasteiger partial charge on any atom is -0.322 e. The molecule has 1 saturated heterocycles. The van der Waals surface area contributed by atoms with Gasteiger partial charge >= 0.3 is 0 Å². The van der Waals surface area contributed by atoms with Gasteiger partial charge in [-0.15, -0.1) is 0 Å². The third kappa shape index (κ3) is 4.99. The molecule has 8 heteroatoms. The number of nitrogens with one attached hydrogen (secondary N) is 2. The van der Waals surface area contributed by atoms with Gasteiger partial charge in [-0.3, -0.25) is 14.3 Å². The lowest BCUT2D eigenvalue weighted by molar-refractivity contribution is -0.119. The Balaban J connectivity index is 1.64. The summed E-state index contributed by atoms with van der Waals surface area (Å²) in [5.41, 5.74) is 2.25. The number of benzene rings is 2. The Morgan fingerprint density at radius 1 is 0.933 bits per heavy atom. The molecule has 1 aliphatic heterocycles. The first-order valence-corrected chi connectivity index (χ1v) is 11.4. The van der Waals surface area contributed by atoms with Gasteiger partial charge in [-0.05, 0) is 82.1 Å². The molecule has 160 valence electrons. The number of rotatable bonds is 5. The van der Waals surface area contributed by atoms with Crippen molar-refractivity contribution in [3.63, 3.8) is 0 Å². The van der Waals surface area contributed by atoms with Crippen LogP contribution in [-0.4, -0.2) is 31.5 Å². The molecule has 7 nitrogen and oxygen atoms in total. The number of carbonyl (C=O) groups excluding carboxylic acids is 2. The van der Waals surface area contributed by atoms with Crippen molar-refractivity contribution in [3.8, 4) is 0 Å². The second-order valence-electron chi connectivity index (χ2n) is 8.30. The van der Waals surface area contributed by atoms with E-state index in [1.807, 2.05) is 12.1 Å². The second-order valence-corrected chi connectivity index (χ2v) is 10.7. The predicted molar refractivity (Wildman–Crippen MR) is 119 cm³/mol. The Labute approximate surface area is 177 Å². The molecular weight excluding hydrogens is 402 g/mol. The molecule has 0 aromatic heterocycles. The van der Waals surface area contributed by atoms with Crippen molar-refractivity contribution in [1.29, 1.82) is 0 Å². The quantitative estimate of drug-likeness (QED) is 0.751. The maximum atomic E-state index is 12.5. The fourth-order valence-electron chi connectivity index (χ4n) is 3.00. The van der Waals surface area contributed by atoms with Crippen LogP contribution in [0.3, 0.4) is 0 Å². The molecule has 0 atom stereocenters. The molecular formula is C22H27N3O4S. The normalized spacial score (nSPS) is 15.0. The molecule has 0 spiro atoms. The van der Waals surface area contributed by atoms with Crippen molar-refractivity contribution in [2.75, 3.05) is 21.5 Å². The highest BCUT2D eigenvalue weighted by molar-refractivity contribution is 7.94. The summed E-state index contributed by atoms with van der Waals surface area (Å²) in [4.78, 5) is 26.3. The SMILES string of the molecule is CC(C)(C)S(=O)(=O)Nc1ccc(C(=O)Nc2ccc(N3CCCCC3=O)cc2)cc1. The van der Waals surface area contributed by atoms with Gasteiger partial charge in [0, 0.05) is 35.6 Å². The van der Waals surface area contributed by atoms with Crippen LogP contribution in [0.2, 0.25) is 0 Å². The average molecular weight is 430 g/mol. The maximum Gasteiger partial charge on any atom is 0.255 e. The van der Waals surface area contributed by atoms with Gasteiger partial charge in [-0.1, -0.05) is 0 Å². The van der Waals surface area contributed by atoms with Gasteiger partial charge in [0.1, 0.15) is 0 Å². The van der Waals surface area contributed by atoms with Gasteiger partial charge in [0.05, 0.1) is 4.75 Å². The zero-order valence-corrected chi connectivity index (χ0v) is 18.3. The van der Waals surface area contributed by atoms with E-state index in [0.29, 0.717) is 23.4 Å². The summed E-state index contributed by atoms with van der Waals surface area (Å²) in [6.07, 6.45) is 2.49. The zero-order valence-electron chi connectivity index (χ0n) is 17.4. The molecule has 2 aromatic rings. The minimum atomic E-state index is -3.53. The van der Waals surface area contributed by atoms with Gasteiger partial charge in [-0.25, -0.2) is 8.42 Å². The van der Waals surface area contributed by atoms with E-state index in [4.69, 9.17) is 0 Å². The smallest absolute Gasteiger partial charge is 0.255 e. The number of hydrogen-bond acceptors (Lipinski definition) is 4. The standard InChI is InChI=1S/C22H27N3O4S/c1-22(2,3)30(28,29)24-18-9-7-16(8-10-18)21(27)23-17-11-13-19(14-12-17)25-15-5-4-6-20(25)26/h7-14,24H,4-6,15H2,1-3H3,(H,23,27). The molecule has 1 heterocycles. The number of sulfonamides is 1. The largest absolute Gasteiger partial charge is 0.322 e. The summed E-state index contributed by atoms with van der Waals surface area (Å²) in [6, 6.07) is 13.4. The number of anilines is 3. The van der Waals surface area contributed by atoms with Crippen LogP contribution >= 0.6 is 0 Å². The number of amides is 2. The molecule has 1 aliphatic rings. The molecule has 2 N–H and O–H groups in total. The second kappa shape index (κ2) is 8.47. The maximum absolute atomic E-state index is 12.5. The van der Waals surface area contributed by atoms with Gasteiger partial charge in [-0.2, -0.15) is 0 Å². The van der Waals surface area contributed by atoms with Crippen LogP contribution < -0.4 is 14.9 Å². The van der Waals surface area contributed by atoms with E-state index in [0.717, 1.165) is 25.1 Å². The van der Waals surface area contributed by atoms with E-state index in [1.54, 1.807) is 62.1 Å². The lowest BCUT2D eigenvalue weighted by Gasteiger charge is -2.26. The fraction of sp³-hybridized carbons (Fsp3) is 0.364. The van der Waals surface area contributed by atoms with Crippen LogP contribution in [0.5, 0.6) is 0 Å². The van der Waals surface area contributed by atoms with Crippen molar-refractivity contribution < 1.29 is 18.0 Å². The van der Waals surface area contributed by atoms with E-state index in [-0.39, 0.29) is 11.8 Å². The number of nitrogens with zero attached hydrogens (tertiary/aromatic N) is 1. The highest BCUT2D eigenvalue weighted by Crippen LogP contribution is 2.23. The van der Waals surface area contributed by atoms with E-state index >= 15 is 0 Å². The molecule has 0 saturated carbocycles. The summed E-state index contributed by atoms with van der Waals surface area (Å²) < 4.78 is 26.0. The Hall–Kier alpha value is -2.87. The van der Waals surface area contributed by atoms with Gasteiger partial charge < -0.3 is 10.2 Å². The summed E-state index contributed by atoms with van der Waals surface area (Å²) in [5.74, 6) is -0.178. The Morgan fingerprint density at radius 3 is 2.10 bits per heavy atom. The van der Waals surface area contributed by atoms with E-state index in [2.05, 4.69) is 10.0 Å². The molecule has 3 rings (SSSR count). The molecule has 30 heavy (non-hydrogen) atoms. The van der Waals surface area contributed by atoms with Crippen LogP contribution in [0, 0.1) is 0 Å². The zero-order chi connectivity index (χ0) is 21.9. The summed E-state index contributed by atoms with van der Waals surface area (Å²) in [7, 11) is -3.53. The van der Waals surface area contributed by atoms with Crippen molar-refractivity contribution in [2.45, 2.75) is 44.8 Å². The van der Waals surface area contributed by atoms with Crippen LogP contribution in [-0.2, 0) is 14.8 Å². The van der Waals surface area contributed by atoms with Gasteiger partial charge in [0.2, 0.25) is 15.9 Å². The third-order valence-electron chi connectivity index (χ3n) is 4.97. The Kier molecular flexibility index (Phi) is 6.17. The summed E-state index contributed by atoms with van der Waals surface area (Å²) in [6.45, 7) is 5.56. The molecule has 2 amide bonds. The van der Waals surface area contributed by atoms with E-state index in [9.17, 15) is 18.0 Å². The third-order valence-corrected chi connectivity index (χ3v) is 7.08. The van der Waals surface area contributed by atoms with Crippen molar-refractivity contribution in [2.24, 2.45) is 0 Å². The van der Waals surface area contributed by atoms with Crippen LogP contribution in [0.4, 0.5) is 17.1 Å². The monoisotopic (exact) mass is 429 g/mol. The minimum absolute atomic E-state index is 0.125. The first kappa shape index (κ1) is 21.8. The van der Waals surface area contributed by atoms with Crippen LogP contribution in [0.25, 0.3) is 0 Å². The van der Waals surface area contributed by atoms with Crippen molar-refractivity contribution >= 4 is 38.9 Å². The van der Waals surface area contributed by atoms with Crippen LogP contribution in [0.15, 0.2) is 48.5 Å². The molecule has 2 aromatic carbocycles. The Bertz CT molecular complexity index is 1020. The molecule has 0 unspecified atom stereocenters. The van der Waals surface area contributed by atoms with E-state index in [1.165, 1.54) is 0 Å². The molecule has 0 aliphatic carbocycles. The first-order chi connectivity index (χ1) is 14.1. The molecule has 1 fully saturated rings. The van der Waals surface area contributed by atoms with Crippen LogP contribution in [0.1, 0.15) is 50.4 Å². The topological polar surface area (TPSA) is 95.6 Å². The lowest BCUT2D eigenvalue weighted by atomic mass is 10.1. The Morgan fingerprint density at radius 2 is 1.53 bits per heavy atom. The van der Waals surface area contributed by atoms with Crippen molar-refractivity contribution in [1.82, 2.24) is 0 Å². The van der Waals surface area contributed by atoms with Gasteiger partial charge in [0.15, 0.2) is 0 Å². The summed E-state index contributed by atoms with van der Waals surface area (Å²) >= 11 is 0. The van der Waals surface area contributed by atoms with Gasteiger partial charge in [0.25, 0.3) is 5.91 Å². The molecule has 0 radical (unpaired) electrons. The number of carbonyl (C=O) groups is 2. The number of piperidine rings is 1. The fourth-order valence-corrected chi connectivity index (χ4v) is 3.76. The number of hydrogen-bond donors (Lipinski definition) is 2. The first-order valence-electron chi connectivity index (χ1n) is 9.91. The highest BCUT2D eigenvalue weighted by Gasteiger charge is 2.28. The summed E-state index contributed by atoms with van der Waals surface area (Å²) in [5, 5.41) is 2.81. The highest BCUT2D eigenvalue weighted by atomic mass is 32.2. The predicted octanol–water partition coefficient (Wildman–Crippen LogP) is 4.00. The lowest BCUT2D eigenvalue weighted by Crippen LogP contribution is -2.35. The van der Waals surface area contributed by atoms with E-state index < -0.39 is 14.8 Å². The average Bonchev–Trinajstić information content (AvgIpc) is 2.68. The molecule has 0 bridgehead atoms. The van der Waals surface area contributed by atoms with Crippen molar-refractivity contribution in [3.05, 3.63) is 54.1 Å².